The van der Waals surface area contributed by atoms with Crippen LogP contribution >= 0.6 is 0 Å². The molecule has 3 aromatic rings. The average molecular weight is 286 g/mol. The smallest absolute Gasteiger partial charge is 0.194 e. The van der Waals surface area contributed by atoms with E-state index in [4.69, 9.17) is 0 Å². The molecule has 0 N–H and O–H groups in total. The van der Waals surface area contributed by atoms with Crippen LogP contribution in [0.1, 0.15) is 43.0 Å². The van der Waals surface area contributed by atoms with Crippen molar-refractivity contribution in [2.75, 3.05) is 0 Å². The van der Waals surface area contributed by atoms with Gasteiger partial charge in [0.15, 0.2) is 11.6 Å². The van der Waals surface area contributed by atoms with Gasteiger partial charge in [0, 0.05) is 22.3 Å². The second-order valence-corrected chi connectivity index (χ2v) is 5.96. The molecular formula is C20H14O2. The summed E-state index contributed by atoms with van der Waals surface area (Å²) in [5.74, 6) is -0.121. The van der Waals surface area contributed by atoms with Crippen LogP contribution in [0.3, 0.4) is 0 Å². The van der Waals surface area contributed by atoms with Gasteiger partial charge in [0.2, 0.25) is 0 Å². The fourth-order valence-electron chi connectivity index (χ4n) is 3.13. The van der Waals surface area contributed by atoms with Crippen LogP contribution in [-0.2, 0) is 0 Å². The van der Waals surface area contributed by atoms with Gasteiger partial charge in [-0.1, -0.05) is 41.5 Å². The van der Waals surface area contributed by atoms with E-state index in [9.17, 15) is 9.59 Å². The maximum Gasteiger partial charge on any atom is 0.194 e. The number of carbonyl (C=O) groups is 2. The fourth-order valence-corrected chi connectivity index (χ4v) is 3.13. The first-order valence-electron chi connectivity index (χ1n) is 7.29. The standard InChI is InChI=1S/C20H14O2/c1-11-3-5-13-9-17-18(10-14(13)7-11)19(21)15-6-4-12(2)8-16(15)20(17)22/h3-10H,1-2H3. The third-order valence-electron chi connectivity index (χ3n) is 4.29. The van der Waals surface area contributed by atoms with Crippen molar-refractivity contribution in [3.05, 3.63) is 81.9 Å². The Morgan fingerprint density at radius 2 is 1.09 bits per heavy atom. The highest BCUT2D eigenvalue weighted by molar-refractivity contribution is 6.29. The minimum absolute atomic E-state index is 0.0595. The van der Waals surface area contributed by atoms with Crippen LogP contribution < -0.4 is 0 Å². The monoisotopic (exact) mass is 286 g/mol. The predicted octanol–water partition coefficient (Wildman–Crippen LogP) is 4.23. The minimum Gasteiger partial charge on any atom is -0.289 e. The molecule has 0 aromatic heterocycles. The zero-order valence-corrected chi connectivity index (χ0v) is 12.4. The summed E-state index contributed by atoms with van der Waals surface area (Å²) in [6.45, 7) is 3.95. The van der Waals surface area contributed by atoms with Crippen LogP contribution in [0.2, 0.25) is 0 Å². The van der Waals surface area contributed by atoms with E-state index in [2.05, 4.69) is 0 Å². The third kappa shape index (κ3) is 1.74. The molecule has 2 heteroatoms. The summed E-state index contributed by atoms with van der Waals surface area (Å²) in [4.78, 5) is 25.5. The molecule has 0 aliphatic heterocycles. The average Bonchev–Trinajstić information content (AvgIpc) is 2.51. The highest BCUT2D eigenvalue weighted by Gasteiger charge is 2.29. The number of fused-ring (bicyclic) bond motifs is 3. The Morgan fingerprint density at radius 1 is 0.545 bits per heavy atom. The predicted molar refractivity (Wildman–Crippen MR) is 86.7 cm³/mol. The third-order valence-corrected chi connectivity index (χ3v) is 4.29. The molecule has 0 atom stereocenters. The van der Waals surface area contributed by atoms with Gasteiger partial charge in [0.1, 0.15) is 0 Å². The summed E-state index contributed by atoms with van der Waals surface area (Å²) in [6.07, 6.45) is 0. The summed E-state index contributed by atoms with van der Waals surface area (Å²) >= 11 is 0. The lowest BCUT2D eigenvalue weighted by molar-refractivity contribution is 0.0979. The van der Waals surface area contributed by atoms with Gasteiger partial charge < -0.3 is 0 Å². The molecule has 0 fully saturated rings. The second-order valence-electron chi connectivity index (χ2n) is 5.96. The quantitative estimate of drug-likeness (QED) is 0.484. The normalized spacial score (nSPS) is 13.2. The first-order chi connectivity index (χ1) is 10.5. The van der Waals surface area contributed by atoms with Crippen molar-refractivity contribution >= 4 is 22.3 Å². The lowest BCUT2D eigenvalue weighted by Crippen LogP contribution is -2.21. The van der Waals surface area contributed by atoms with Crippen LogP contribution in [-0.4, -0.2) is 11.6 Å². The van der Waals surface area contributed by atoms with E-state index >= 15 is 0 Å². The molecule has 22 heavy (non-hydrogen) atoms. The Hall–Kier alpha value is -2.74. The van der Waals surface area contributed by atoms with E-state index in [-0.39, 0.29) is 11.6 Å². The van der Waals surface area contributed by atoms with E-state index < -0.39 is 0 Å². The summed E-state index contributed by atoms with van der Waals surface area (Å²) in [5, 5.41) is 1.98. The topological polar surface area (TPSA) is 34.1 Å². The molecule has 0 radical (unpaired) electrons. The van der Waals surface area contributed by atoms with Crippen LogP contribution in [0.15, 0.2) is 48.5 Å². The van der Waals surface area contributed by atoms with E-state index in [1.807, 2.05) is 50.2 Å². The molecule has 0 spiro atoms. The molecule has 2 nitrogen and oxygen atoms in total. The van der Waals surface area contributed by atoms with Gasteiger partial charge in [-0.05, 0) is 42.8 Å². The highest BCUT2D eigenvalue weighted by Crippen LogP contribution is 2.31. The Kier molecular flexibility index (Phi) is 2.58. The van der Waals surface area contributed by atoms with Crippen molar-refractivity contribution < 1.29 is 9.59 Å². The van der Waals surface area contributed by atoms with Crippen LogP contribution in [0.25, 0.3) is 10.8 Å². The summed E-state index contributed by atoms with van der Waals surface area (Å²) in [7, 11) is 0. The number of rotatable bonds is 0. The number of carbonyl (C=O) groups excluding carboxylic acids is 2. The number of benzene rings is 3. The van der Waals surface area contributed by atoms with E-state index in [1.165, 1.54) is 0 Å². The molecule has 0 heterocycles. The second kappa shape index (κ2) is 4.38. The van der Waals surface area contributed by atoms with Crippen molar-refractivity contribution in [1.82, 2.24) is 0 Å². The Balaban J connectivity index is 2.04. The van der Waals surface area contributed by atoms with Gasteiger partial charge in [-0.2, -0.15) is 0 Å². The van der Waals surface area contributed by atoms with Crippen molar-refractivity contribution in [3.8, 4) is 0 Å². The highest BCUT2D eigenvalue weighted by atomic mass is 16.1. The van der Waals surface area contributed by atoms with Crippen molar-refractivity contribution in [2.45, 2.75) is 13.8 Å². The molecule has 0 saturated heterocycles. The molecule has 0 saturated carbocycles. The van der Waals surface area contributed by atoms with E-state index in [0.29, 0.717) is 22.3 Å². The van der Waals surface area contributed by atoms with Crippen molar-refractivity contribution in [2.24, 2.45) is 0 Å². The SMILES string of the molecule is Cc1ccc2c(c1)C(=O)c1cc3ccc(C)cc3cc1C2=O. The Bertz CT molecular complexity index is 980. The Morgan fingerprint density at radius 3 is 1.86 bits per heavy atom. The van der Waals surface area contributed by atoms with Crippen LogP contribution in [0.5, 0.6) is 0 Å². The first kappa shape index (κ1) is 13.0. The van der Waals surface area contributed by atoms with Gasteiger partial charge in [-0.15, -0.1) is 0 Å². The van der Waals surface area contributed by atoms with Crippen molar-refractivity contribution in [1.29, 1.82) is 0 Å². The fraction of sp³-hybridized carbons (Fsp3) is 0.100. The molecular weight excluding hydrogens is 272 g/mol. The van der Waals surface area contributed by atoms with Gasteiger partial charge in [-0.3, -0.25) is 9.59 Å². The summed E-state index contributed by atoms with van der Waals surface area (Å²) in [5.41, 5.74) is 4.18. The maximum absolute atomic E-state index is 12.8. The molecule has 0 unspecified atom stereocenters. The number of aryl methyl sites for hydroxylation is 2. The number of hydrogen-bond donors (Lipinski definition) is 0. The lowest BCUT2D eigenvalue weighted by atomic mass is 9.82. The van der Waals surface area contributed by atoms with Gasteiger partial charge in [0.25, 0.3) is 0 Å². The van der Waals surface area contributed by atoms with Crippen LogP contribution in [0, 0.1) is 13.8 Å². The molecule has 0 amide bonds. The van der Waals surface area contributed by atoms with E-state index in [1.54, 1.807) is 12.1 Å². The summed E-state index contributed by atoms with van der Waals surface area (Å²) < 4.78 is 0. The first-order valence-corrected chi connectivity index (χ1v) is 7.29. The van der Waals surface area contributed by atoms with Gasteiger partial charge >= 0.3 is 0 Å². The zero-order valence-electron chi connectivity index (χ0n) is 12.4. The molecule has 4 rings (SSSR count). The van der Waals surface area contributed by atoms with Gasteiger partial charge in [-0.25, -0.2) is 0 Å². The zero-order chi connectivity index (χ0) is 15.4. The number of ketones is 2. The molecule has 0 bridgehead atoms. The Labute approximate surface area is 128 Å². The lowest BCUT2D eigenvalue weighted by Gasteiger charge is -2.18. The summed E-state index contributed by atoms with van der Waals surface area (Å²) in [6, 6.07) is 15.2. The minimum atomic E-state index is -0.0620. The molecule has 106 valence electrons. The van der Waals surface area contributed by atoms with E-state index in [0.717, 1.165) is 21.9 Å². The molecule has 1 aliphatic carbocycles. The maximum atomic E-state index is 12.8. The largest absolute Gasteiger partial charge is 0.289 e. The molecule has 3 aromatic carbocycles. The van der Waals surface area contributed by atoms with Crippen molar-refractivity contribution in [3.63, 3.8) is 0 Å². The van der Waals surface area contributed by atoms with Crippen LogP contribution in [0.4, 0.5) is 0 Å². The number of hydrogen-bond acceptors (Lipinski definition) is 2. The molecule has 1 aliphatic rings. The van der Waals surface area contributed by atoms with Gasteiger partial charge in [0.05, 0.1) is 0 Å².